The molecule has 1 aromatic heterocycles. The number of nitrogens with zero attached hydrogens (tertiary/aromatic N) is 4. The summed E-state index contributed by atoms with van der Waals surface area (Å²) < 4.78 is 10.4. The number of para-hydroxylation sites is 1. The summed E-state index contributed by atoms with van der Waals surface area (Å²) in [6.45, 7) is 0.631. The summed E-state index contributed by atoms with van der Waals surface area (Å²) >= 11 is 0. The normalized spacial score (nSPS) is 12.3. The van der Waals surface area contributed by atoms with Crippen molar-refractivity contribution in [2.24, 2.45) is 7.05 Å². The van der Waals surface area contributed by atoms with Crippen molar-refractivity contribution in [3.8, 4) is 39.4 Å². The number of rotatable bonds is 7. The zero-order valence-electron chi connectivity index (χ0n) is 27.6. The van der Waals surface area contributed by atoms with Crippen LogP contribution in [0.4, 0.5) is 22.7 Å². The maximum Gasteiger partial charge on any atom is 0.243 e. The number of benzene rings is 7. The van der Waals surface area contributed by atoms with Crippen LogP contribution in [0.3, 0.4) is 0 Å². The molecule has 5 heteroatoms. The first-order chi connectivity index (χ1) is 24.7. The van der Waals surface area contributed by atoms with Crippen molar-refractivity contribution >= 4 is 33.5 Å². The lowest BCUT2D eigenvalue weighted by Crippen LogP contribution is -2.25. The van der Waals surface area contributed by atoms with Gasteiger partial charge in [-0.05, 0) is 46.8 Å². The van der Waals surface area contributed by atoms with Gasteiger partial charge in [-0.15, -0.1) is 0 Å². The molecular weight excluding hydrogens is 613 g/mol. The van der Waals surface area contributed by atoms with Crippen molar-refractivity contribution in [3.63, 3.8) is 0 Å². The van der Waals surface area contributed by atoms with Crippen LogP contribution < -0.4 is 19.1 Å². The van der Waals surface area contributed by atoms with Gasteiger partial charge < -0.3 is 23.7 Å². The van der Waals surface area contributed by atoms with E-state index >= 15 is 0 Å². The van der Waals surface area contributed by atoms with Crippen molar-refractivity contribution in [1.82, 2.24) is 4.57 Å². The Balaban J connectivity index is 1.17. The van der Waals surface area contributed by atoms with Crippen molar-refractivity contribution in [3.05, 3.63) is 183 Å². The molecule has 0 atom stereocenters. The van der Waals surface area contributed by atoms with Gasteiger partial charge in [-0.3, -0.25) is 0 Å². The van der Waals surface area contributed by atoms with Crippen LogP contribution in [0.15, 0.2) is 176 Å². The van der Waals surface area contributed by atoms with E-state index in [-0.39, 0.29) is 0 Å². The first-order valence-electron chi connectivity index (χ1n) is 16.8. The number of aromatic nitrogens is 2. The predicted octanol–water partition coefficient (Wildman–Crippen LogP) is 10.6. The van der Waals surface area contributed by atoms with Gasteiger partial charge in [0.2, 0.25) is 6.33 Å². The molecule has 8 aromatic rings. The second kappa shape index (κ2) is 12.5. The molecule has 5 nitrogen and oxygen atoms in total. The second-order valence-corrected chi connectivity index (χ2v) is 12.6. The Morgan fingerprint density at radius 2 is 1.18 bits per heavy atom. The molecule has 0 N–H and O–H groups in total. The summed E-state index contributed by atoms with van der Waals surface area (Å²) in [5.74, 6) is 1.54. The first kappa shape index (κ1) is 29.5. The minimum Gasteiger partial charge on any atom is -0.458 e. The summed E-state index contributed by atoms with van der Waals surface area (Å²) in [6, 6.07) is 57.8. The molecule has 0 unspecified atom stereocenters. The second-order valence-electron chi connectivity index (χ2n) is 12.6. The fourth-order valence-corrected chi connectivity index (χ4v) is 7.07. The number of ether oxygens (including phenoxy) is 1. The van der Waals surface area contributed by atoms with E-state index in [0.717, 1.165) is 28.6 Å². The molecule has 0 saturated carbocycles. The topological polar surface area (TPSA) is 24.5 Å². The number of aryl methyl sites for hydroxylation is 1. The fourth-order valence-electron chi connectivity index (χ4n) is 7.07. The zero-order valence-corrected chi connectivity index (χ0v) is 27.6. The van der Waals surface area contributed by atoms with Crippen LogP contribution in [0.25, 0.3) is 38.7 Å². The van der Waals surface area contributed by atoms with Crippen LogP contribution in [-0.4, -0.2) is 11.2 Å². The van der Waals surface area contributed by atoms with Crippen LogP contribution in [0, 0.1) is 6.33 Å². The molecule has 1 aliphatic heterocycles. The Labute approximate surface area is 292 Å². The molecule has 0 aliphatic carbocycles. The number of fused-ring (bicyclic) bond motifs is 3. The molecule has 0 saturated heterocycles. The quantitative estimate of drug-likeness (QED) is 0.127. The molecular formula is C45H34N4O. The highest BCUT2D eigenvalue weighted by molar-refractivity contribution is 6.09. The van der Waals surface area contributed by atoms with E-state index in [1.165, 1.54) is 44.4 Å². The Hall–Kier alpha value is -6.59. The number of imidazole rings is 1. The number of hydrogen-bond acceptors (Lipinski definition) is 3. The molecule has 9 rings (SSSR count). The van der Waals surface area contributed by atoms with Crippen molar-refractivity contribution < 1.29 is 9.30 Å². The van der Waals surface area contributed by atoms with Gasteiger partial charge in [0.05, 0.1) is 29.8 Å². The van der Waals surface area contributed by atoms with Gasteiger partial charge in [0.15, 0.2) is 0 Å². The fraction of sp³-hybridized carbons (Fsp3) is 0.0444. The Kier molecular flexibility index (Phi) is 7.36. The van der Waals surface area contributed by atoms with Crippen molar-refractivity contribution in [2.45, 2.75) is 0 Å². The standard InChI is InChI=1S/C45H34N4O/c1-46-27-28-47(31-46)36-18-10-20-38(29-36)50-39-21-11-19-37(30-39)48-32-49(45-42-22-9-8-17-35(42)25-26-43(45)48)44-40(33-13-4-2-5-14-33)23-12-24-41(44)34-15-6-3-7-16-34/h2-30H,32H2,1H3. The SMILES string of the molecule is C[n+]1[c-]n(-c2cccc(Oc3cccc(N4CN(c5c(-c6ccccc6)cccc5-c5ccccc5)c5c4ccc4ccccc54)c3)c2)cc1. The molecule has 0 fully saturated rings. The van der Waals surface area contributed by atoms with E-state index in [9.17, 15) is 0 Å². The summed E-state index contributed by atoms with van der Waals surface area (Å²) in [5.41, 5.74) is 10.3. The largest absolute Gasteiger partial charge is 0.458 e. The molecule has 1 aliphatic rings. The van der Waals surface area contributed by atoms with Gasteiger partial charge in [0.25, 0.3) is 0 Å². The molecule has 0 bridgehead atoms. The van der Waals surface area contributed by atoms with Gasteiger partial charge in [0.1, 0.15) is 18.2 Å². The summed E-state index contributed by atoms with van der Waals surface area (Å²) in [7, 11) is 1.96. The average molecular weight is 647 g/mol. The lowest BCUT2D eigenvalue weighted by atomic mass is 9.94. The smallest absolute Gasteiger partial charge is 0.243 e. The monoisotopic (exact) mass is 646 g/mol. The summed E-state index contributed by atoms with van der Waals surface area (Å²) in [4.78, 5) is 4.91. The predicted molar refractivity (Wildman–Crippen MR) is 203 cm³/mol. The van der Waals surface area contributed by atoms with Gasteiger partial charge >= 0.3 is 0 Å². The highest BCUT2D eigenvalue weighted by atomic mass is 16.5. The molecule has 50 heavy (non-hydrogen) atoms. The number of anilines is 4. The van der Waals surface area contributed by atoms with Crippen LogP contribution >= 0.6 is 0 Å². The van der Waals surface area contributed by atoms with Crippen molar-refractivity contribution in [1.29, 1.82) is 0 Å². The van der Waals surface area contributed by atoms with Crippen LogP contribution in [0.5, 0.6) is 11.5 Å². The Morgan fingerprint density at radius 1 is 0.560 bits per heavy atom. The van der Waals surface area contributed by atoms with Crippen LogP contribution in [0.2, 0.25) is 0 Å². The molecule has 0 amide bonds. The lowest BCUT2D eigenvalue weighted by Gasteiger charge is -2.27. The molecule has 0 radical (unpaired) electrons. The van der Waals surface area contributed by atoms with Gasteiger partial charge in [0, 0.05) is 40.7 Å². The van der Waals surface area contributed by atoms with Gasteiger partial charge in [-0.2, -0.15) is 0 Å². The van der Waals surface area contributed by atoms with Gasteiger partial charge in [-0.1, -0.05) is 127 Å². The molecule has 7 aromatic carbocycles. The first-order valence-corrected chi connectivity index (χ1v) is 16.8. The maximum absolute atomic E-state index is 6.50. The minimum absolute atomic E-state index is 0.631. The third-order valence-corrected chi connectivity index (χ3v) is 9.36. The van der Waals surface area contributed by atoms with Crippen LogP contribution in [0.1, 0.15) is 0 Å². The van der Waals surface area contributed by atoms with Gasteiger partial charge in [-0.25, -0.2) is 0 Å². The third kappa shape index (κ3) is 5.35. The van der Waals surface area contributed by atoms with E-state index in [1.807, 2.05) is 52.8 Å². The third-order valence-electron chi connectivity index (χ3n) is 9.36. The molecule has 240 valence electrons. The summed E-state index contributed by atoms with van der Waals surface area (Å²) in [5, 5.41) is 2.43. The van der Waals surface area contributed by atoms with E-state index in [0.29, 0.717) is 6.67 Å². The van der Waals surface area contributed by atoms with Crippen LogP contribution in [-0.2, 0) is 7.05 Å². The lowest BCUT2D eigenvalue weighted by molar-refractivity contribution is -0.674. The minimum atomic E-state index is 0.631. The highest BCUT2D eigenvalue weighted by Crippen LogP contribution is 2.52. The van der Waals surface area contributed by atoms with E-state index in [2.05, 4.69) is 156 Å². The number of hydrogen-bond donors (Lipinski definition) is 0. The van der Waals surface area contributed by atoms with E-state index < -0.39 is 0 Å². The Morgan fingerprint density at radius 3 is 1.86 bits per heavy atom. The maximum atomic E-state index is 6.50. The average Bonchev–Trinajstić information content (AvgIpc) is 3.80. The molecule has 2 heterocycles. The molecule has 0 spiro atoms. The zero-order chi connectivity index (χ0) is 33.4. The van der Waals surface area contributed by atoms with E-state index in [4.69, 9.17) is 4.74 Å². The Bertz CT molecular complexity index is 2410. The highest BCUT2D eigenvalue weighted by Gasteiger charge is 2.33. The van der Waals surface area contributed by atoms with Crippen molar-refractivity contribution in [2.75, 3.05) is 16.5 Å². The summed E-state index contributed by atoms with van der Waals surface area (Å²) in [6.07, 6.45) is 7.22. The van der Waals surface area contributed by atoms with E-state index in [1.54, 1.807) is 0 Å².